The first-order chi connectivity index (χ1) is 11.5. The zero-order chi connectivity index (χ0) is 17.5. The van der Waals surface area contributed by atoms with Crippen LogP contribution in [0.2, 0.25) is 0 Å². The molecule has 1 amide bonds. The highest BCUT2D eigenvalue weighted by Crippen LogP contribution is 2.19. The Morgan fingerprint density at radius 1 is 1.08 bits per heavy atom. The Hall–Kier alpha value is -2.14. The molecule has 0 bridgehead atoms. The number of thioether (sulfide) groups is 1. The molecule has 1 atom stereocenters. The van der Waals surface area contributed by atoms with Crippen LogP contribution in [0.15, 0.2) is 53.4 Å². The predicted octanol–water partition coefficient (Wildman–Crippen LogP) is 3.84. The third kappa shape index (κ3) is 4.93. The van der Waals surface area contributed by atoms with Gasteiger partial charge in [-0.1, -0.05) is 12.1 Å². The maximum atomic E-state index is 12.5. The summed E-state index contributed by atoms with van der Waals surface area (Å²) in [5.41, 5.74) is 1.10. The topological polar surface area (TPSA) is 38.8 Å². The van der Waals surface area contributed by atoms with Gasteiger partial charge in [0, 0.05) is 18.5 Å². The molecule has 2 rings (SSSR count). The normalized spacial score (nSPS) is 11.7. The second-order valence-corrected chi connectivity index (χ2v) is 6.36. The third-order valence-corrected chi connectivity index (χ3v) is 4.42. The summed E-state index contributed by atoms with van der Waals surface area (Å²) >= 11 is 1.70. The Morgan fingerprint density at radius 2 is 1.67 bits per heavy atom. The second kappa shape index (κ2) is 8.64. The average Bonchev–Trinajstić information content (AvgIpc) is 2.62. The first-order valence-corrected chi connectivity index (χ1v) is 8.94. The highest BCUT2D eigenvalue weighted by molar-refractivity contribution is 7.98. The number of nitrogens with zero attached hydrogens (tertiary/aromatic N) is 1. The van der Waals surface area contributed by atoms with Crippen LogP contribution in [0.25, 0.3) is 0 Å². The molecule has 0 saturated heterocycles. The Balaban J connectivity index is 1.92. The number of amides is 1. The Morgan fingerprint density at radius 3 is 2.21 bits per heavy atom. The molecule has 0 heterocycles. The minimum absolute atomic E-state index is 0.0558. The first kappa shape index (κ1) is 18.2. The van der Waals surface area contributed by atoms with Crippen molar-refractivity contribution < 1.29 is 14.3 Å². The van der Waals surface area contributed by atoms with Crippen LogP contribution >= 0.6 is 11.8 Å². The van der Waals surface area contributed by atoms with Gasteiger partial charge in [0.25, 0.3) is 5.91 Å². The van der Waals surface area contributed by atoms with Gasteiger partial charge < -0.3 is 14.4 Å². The van der Waals surface area contributed by atoms with Crippen LogP contribution < -0.4 is 9.47 Å². The average molecular weight is 345 g/mol. The largest absolute Gasteiger partial charge is 0.497 e. The van der Waals surface area contributed by atoms with E-state index < -0.39 is 6.10 Å². The molecule has 0 spiro atoms. The highest BCUT2D eigenvalue weighted by atomic mass is 32.2. The van der Waals surface area contributed by atoms with Crippen molar-refractivity contribution in [2.24, 2.45) is 0 Å². The molecule has 0 aliphatic heterocycles. The zero-order valence-electron chi connectivity index (χ0n) is 14.5. The number of methoxy groups -OCH3 is 1. The zero-order valence-corrected chi connectivity index (χ0v) is 15.3. The summed E-state index contributed by atoms with van der Waals surface area (Å²) in [6.07, 6.45) is 1.50. The molecule has 0 saturated carbocycles. The molecular formula is C19H23NO3S. The van der Waals surface area contributed by atoms with E-state index >= 15 is 0 Å². The lowest BCUT2D eigenvalue weighted by molar-refractivity contribution is -0.137. The summed E-state index contributed by atoms with van der Waals surface area (Å²) < 4.78 is 10.8. The van der Waals surface area contributed by atoms with Crippen LogP contribution in [-0.2, 0) is 11.3 Å². The van der Waals surface area contributed by atoms with Crippen molar-refractivity contribution in [3.63, 3.8) is 0 Å². The number of rotatable bonds is 7. The van der Waals surface area contributed by atoms with Gasteiger partial charge in [-0.3, -0.25) is 4.79 Å². The fraction of sp³-hybridized carbons (Fsp3) is 0.316. The highest BCUT2D eigenvalue weighted by Gasteiger charge is 2.19. The molecular weight excluding hydrogens is 322 g/mol. The summed E-state index contributed by atoms with van der Waals surface area (Å²) in [5, 5.41) is 0. The summed E-state index contributed by atoms with van der Waals surface area (Å²) in [5.74, 6) is 1.35. The molecule has 0 aliphatic rings. The number of carbonyl (C=O) groups is 1. The number of hydrogen-bond donors (Lipinski definition) is 0. The van der Waals surface area contributed by atoms with Crippen LogP contribution in [-0.4, -0.2) is 37.3 Å². The molecule has 128 valence electrons. The van der Waals surface area contributed by atoms with Gasteiger partial charge in [-0.05, 0) is 55.1 Å². The van der Waals surface area contributed by atoms with Gasteiger partial charge in [0.1, 0.15) is 11.5 Å². The van der Waals surface area contributed by atoms with Crippen molar-refractivity contribution in [2.75, 3.05) is 20.4 Å². The lowest BCUT2D eigenvalue weighted by Gasteiger charge is -2.22. The third-order valence-electron chi connectivity index (χ3n) is 3.68. The summed E-state index contributed by atoms with van der Waals surface area (Å²) in [6.45, 7) is 2.32. The first-order valence-electron chi connectivity index (χ1n) is 7.72. The van der Waals surface area contributed by atoms with E-state index in [9.17, 15) is 4.79 Å². The SMILES string of the molecule is COc1ccc(O[C@@H](C)C(=O)N(C)Cc2ccc(SC)cc2)cc1. The number of ether oxygens (including phenoxy) is 2. The van der Waals surface area contributed by atoms with Crippen molar-refractivity contribution in [2.45, 2.75) is 24.5 Å². The monoisotopic (exact) mass is 345 g/mol. The number of hydrogen-bond acceptors (Lipinski definition) is 4. The quantitative estimate of drug-likeness (QED) is 0.715. The Bertz CT molecular complexity index is 598. The molecule has 5 heteroatoms. The number of likely N-dealkylation sites (N-methyl/N-ethyl adjacent to an activating group) is 1. The molecule has 0 radical (unpaired) electrons. The van der Waals surface area contributed by atoms with E-state index in [-0.39, 0.29) is 5.91 Å². The van der Waals surface area contributed by atoms with Crippen molar-refractivity contribution >= 4 is 17.7 Å². The fourth-order valence-electron chi connectivity index (χ4n) is 2.30. The van der Waals surface area contributed by atoms with E-state index in [1.165, 1.54) is 4.90 Å². The molecule has 0 N–H and O–H groups in total. The molecule has 2 aromatic rings. The van der Waals surface area contributed by atoms with E-state index in [2.05, 4.69) is 12.1 Å². The van der Waals surface area contributed by atoms with Crippen molar-refractivity contribution in [3.8, 4) is 11.5 Å². The van der Waals surface area contributed by atoms with Crippen molar-refractivity contribution in [1.82, 2.24) is 4.90 Å². The lowest BCUT2D eigenvalue weighted by atomic mass is 10.2. The minimum Gasteiger partial charge on any atom is -0.497 e. The van der Waals surface area contributed by atoms with Crippen molar-refractivity contribution in [1.29, 1.82) is 0 Å². The van der Waals surface area contributed by atoms with E-state index in [4.69, 9.17) is 9.47 Å². The van der Waals surface area contributed by atoms with Crippen LogP contribution in [0.1, 0.15) is 12.5 Å². The summed E-state index contributed by atoms with van der Waals surface area (Å²) in [4.78, 5) is 15.4. The Kier molecular flexibility index (Phi) is 6.55. The minimum atomic E-state index is -0.547. The van der Waals surface area contributed by atoms with E-state index in [1.54, 1.807) is 49.9 Å². The molecule has 0 aliphatic carbocycles. The Labute approximate surface area is 147 Å². The smallest absolute Gasteiger partial charge is 0.263 e. The van der Waals surface area contributed by atoms with Gasteiger partial charge in [-0.25, -0.2) is 0 Å². The fourth-order valence-corrected chi connectivity index (χ4v) is 2.71. The van der Waals surface area contributed by atoms with Gasteiger partial charge in [0.15, 0.2) is 6.10 Å². The summed E-state index contributed by atoms with van der Waals surface area (Å²) in [7, 11) is 3.40. The van der Waals surface area contributed by atoms with Gasteiger partial charge >= 0.3 is 0 Å². The van der Waals surface area contributed by atoms with Crippen LogP contribution in [0, 0.1) is 0 Å². The molecule has 24 heavy (non-hydrogen) atoms. The van der Waals surface area contributed by atoms with Crippen LogP contribution in [0.3, 0.4) is 0 Å². The van der Waals surface area contributed by atoms with Crippen molar-refractivity contribution in [3.05, 3.63) is 54.1 Å². The van der Waals surface area contributed by atoms with E-state index in [0.717, 1.165) is 11.3 Å². The van der Waals surface area contributed by atoms with Gasteiger partial charge in [0.05, 0.1) is 7.11 Å². The maximum Gasteiger partial charge on any atom is 0.263 e. The van der Waals surface area contributed by atoms with Gasteiger partial charge in [0.2, 0.25) is 0 Å². The second-order valence-electron chi connectivity index (χ2n) is 5.48. The number of benzene rings is 2. The lowest BCUT2D eigenvalue weighted by Crippen LogP contribution is -2.37. The predicted molar refractivity (Wildman–Crippen MR) is 97.8 cm³/mol. The van der Waals surface area contributed by atoms with Crippen LogP contribution in [0.5, 0.6) is 11.5 Å². The molecule has 0 unspecified atom stereocenters. The molecule has 0 aromatic heterocycles. The molecule has 0 fully saturated rings. The summed E-state index contributed by atoms with van der Waals surface area (Å²) in [6, 6.07) is 15.4. The standard InChI is InChI=1S/C19H23NO3S/c1-14(23-17-9-7-16(22-3)8-10-17)19(21)20(2)13-15-5-11-18(24-4)12-6-15/h5-12,14H,13H2,1-4H3/t14-/m0/s1. The van der Waals surface area contributed by atoms with E-state index in [1.807, 2.05) is 30.5 Å². The van der Waals surface area contributed by atoms with Gasteiger partial charge in [-0.15, -0.1) is 11.8 Å². The molecule has 2 aromatic carbocycles. The maximum absolute atomic E-state index is 12.5. The van der Waals surface area contributed by atoms with Gasteiger partial charge in [-0.2, -0.15) is 0 Å². The number of carbonyl (C=O) groups excluding carboxylic acids is 1. The van der Waals surface area contributed by atoms with Crippen LogP contribution in [0.4, 0.5) is 0 Å². The van der Waals surface area contributed by atoms with E-state index in [0.29, 0.717) is 12.3 Å². The molecule has 4 nitrogen and oxygen atoms in total.